The third-order valence-electron chi connectivity index (χ3n) is 1.50. The van der Waals surface area contributed by atoms with Crippen molar-refractivity contribution in [1.29, 1.82) is 0 Å². The molecule has 1 rings (SSSR count). The Labute approximate surface area is 80.9 Å². The Morgan fingerprint density at radius 3 is 2.79 bits per heavy atom. The Kier molecular flexibility index (Phi) is 3.81. The molecule has 14 heavy (non-hydrogen) atoms. The predicted molar refractivity (Wildman–Crippen MR) is 49.0 cm³/mol. The molecular formula is C8H11N3O3. The second kappa shape index (κ2) is 5.13. The van der Waals surface area contributed by atoms with Crippen LogP contribution in [0.2, 0.25) is 0 Å². The average molecular weight is 197 g/mol. The molecule has 0 saturated carbocycles. The Balaban J connectivity index is 2.60. The van der Waals surface area contributed by atoms with Crippen molar-refractivity contribution in [3.05, 3.63) is 18.5 Å². The SMILES string of the molecule is COCC(Nc1ncccn1)C(=O)O. The number of aliphatic carboxylic acids is 1. The number of carboxylic acids is 1. The van der Waals surface area contributed by atoms with Gasteiger partial charge in [0.05, 0.1) is 6.61 Å². The summed E-state index contributed by atoms with van der Waals surface area (Å²) in [5.41, 5.74) is 0. The first-order chi connectivity index (χ1) is 6.74. The normalized spacial score (nSPS) is 12.1. The first-order valence-electron chi connectivity index (χ1n) is 3.99. The molecule has 0 spiro atoms. The van der Waals surface area contributed by atoms with Gasteiger partial charge in [0.25, 0.3) is 0 Å². The zero-order valence-electron chi connectivity index (χ0n) is 7.67. The van der Waals surface area contributed by atoms with Crippen molar-refractivity contribution >= 4 is 11.9 Å². The zero-order chi connectivity index (χ0) is 10.4. The van der Waals surface area contributed by atoms with Crippen LogP contribution in [-0.4, -0.2) is 40.8 Å². The highest BCUT2D eigenvalue weighted by Gasteiger charge is 2.17. The zero-order valence-corrected chi connectivity index (χ0v) is 7.67. The number of nitrogens with one attached hydrogen (secondary N) is 1. The highest BCUT2D eigenvalue weighted by molar-refractivity contribution is 5.76. The fraction of sp³-hybridized carbons (Fsp3) is 0.375. The van der Waals surface area contributed by atoms with E-state index < -0.39 is 12.0 Å². The summed E-state index contributed by atoms with van der Waals surface area (Å²) in [7, 11) is 1.43. The van der Waals surface area contributed by atoms with Gasteiger partial charge in [-0.25, -0.2) is 14.8 Å². The van der Waals surface area contributed by atoms with Gasteiger partial charge in [-0.3, -0.25) is 0 Å². The first kappa shape index (κ1) is 10.4. The minimum Gasteiger partial charge on any atom is -0.480 e. The summed E-state index contributed by atoms with van der Waals surface area (Å²) in [5.74, 6) is -0.726. The number of anilines is 1. The predicted octanol–water partition coefficient (Wildman–Crippen LogP) is -0.0119. The molecule has 0 bridgehead atoms. The molecule has 0 saturated heterocycles. The number of carboxylic acid groups (broad SMARTS) is 1. The molecule has 1 aromatic rings. The van der Waals surface area contributed by atoms with Crippen LogP contribution >= 0.6 is 0 Å². The molecule has 6 nitrogen and oxygen atoms in total. The van der Waals surface area contributed by atoms with Crippen LogP contribution in [0.25, 0.3) is 0 Å². The quantitative estimate of drug-likeness (QED) is 0.690. The lowest BCUT2D eigenvalue weighted by Crippen LogP contribution is -2.34. The molecule has 0 amide bonds. The van der Waals surface area contributed by atoms with Gasteiger partial charge in [-0.15, -0.1) is 0 Å². The smallest absolute Gasteiger partial charge is 0.328 e. The third-order valence-corrected chi connectivity index (χ3v) is 1.50. The Morgan fingerprint density at radius 2 is 2.29 bits per heavy atom. The van der Waals surface area contributed by atoms with E-state index >= 15 is 0 Å². The monoisotopic (exact) mass is 197 g/mol. The second-order valence-electron chi connectivity index (χ2n) is 2.56. The summed E-state index contributed by atoms with van der Waals surface area (Å²) in [5, 5.41) is 11.4. The lowest BCUT2D eigenvalue weighted by atomic mass is 10.3. The molecule has 1 atom stereocenters. The lowest BCUT2D eigenvalue weighted by molar-refractivity contribution is -0.139. The van der Waals surface area contributed by atoms with E-state index in [1.54, 1.807) is 6.07 Å². The molecule has 1 heterocycles. The lowest BCUT2D eigenvalue weighted by Gasteiger charge is -2.12. The summed E-state index contributed by atoms with van der Waals surface area (Å²) >= 11 is 0. The van der Waals surface area contributed by atoms with Crippen LogP contribution < -0.4 is 5.32 Å². The number of carbonyl (C=O) groups is 1. The van der Waals surface area contributed by atoms with E-state index in [1.807, 2.05) is 0 Å². The number of methoxy groups -OCH3 is 1. The molecule has 0 radical (unpaired) electrons. The Bertz CT molecular complexity index is 291. The van der Waals surface area contributed by atoms with Crippen LogP contribution in [0.1, 0.15) is 0 Å². The molecule has 2 N–H and O–H groups in total. The molecule has 1 unspecified atom stereocenters. The van der Waals surface area contributed by atoms with Crippen molar-refractivity contribution in [3.63, 3.8) is 0 Å². The van der Waals surface area contributed by atoms with Gasteiger partial charge in [0, 0.05) is 19.5 Å². The Hall–Kier alpha value is -1.69. The topological polar surface area (TPSA) is 84.3 Å². The van der Waals surface area contributed by atoms with Gasteiger partial charge in [-0.05, 0) is 6.07 Å². The summed E-state index contributed by atoms with van der Waals surface area (Å²) in [6.07, 6.45) is 3.06. The molecule has 0 fully saturated rings. The van der Waals surface area contributed by atoms with Crippen molar-refractivity contribution in [2.75, 3.05) is 19.0 Å². The standard InChI is InChI=1S/C8H11N3O3/c1-14-5-6(7(12)13)11-8-9-3-2-4-10-8/h2-4,6H,5H2,1H3,(H,12,13)(H,9,10,11). The summed E-state index contributed by atoms with van der Waals surface area (Å²) in [4.78, 5) is 18.4. The van der Waals surface area contributed by atoms with Crippen LogP contribution in [0.5, 0.6) is 0 Å². The number of hydrogen-bond acceptors (Lipinski definition) is 5. The highest BCUT2D eigenvalue weighted by atomic mass is 16.5. The summed E-state index contributed by atoms with van der Waals surface area (Å²) < 4.78 is 4.74. The van der Waals surface area contributed by atoms with Gasteiger partial charge in [0.1, 0.15) is 0 Å². The van der Waals surface area contributed by atoms with Crippen molar-refractivity contribution in [2.45, 2.75) is 6.04 Å². The number of aromatic nitrogens is 2. The molecule has 6 heteroatoms. The van der Waals surface area contributed by atoms with Gasteiger partial charge in [-0.2, -0.15) is 0 Å². The minimum atomic E-state index is -1.00. The molecular weight excluding hydrogens is 186 g/mol. The Morgan fingerprint density at radius 1 is 1.64 bits per heavy atom. The van der Waals surface area contributed by atoms with E-state index in [0.29, 0.717) is 0 Å². The van der Waals surface area contributed by atoms with Gasteiger partial charge in [0.15, 0.2) is 6.04 Å². The van der Waals surface area contributed by atoms with Crippen molar-refractivity contribution < 1.29 is 14.6 Å². The largest absolute Gasteiger partial charge is 0.480 e. The van der Waals surface area contributed by atoms with Crippen LogP contribution in [0.3, 0.4) is 0 Å². The van der Waals surface area contributed by atoms with E-state index in [2.05, 4.69) is 15.3 Å². The fourth-order valence-electron chi connectivity index (χ4n) is 0.871. The van der Waals surface area contributed by atoms with Crippen molar-refractivity contribution in [3.8, 4) is 0 Å². The van der Waals surface area contributed by atoms with Crippen LogP contribution in [0, 0.1) is 0 Å². The van der Waals surface area contributed by atoms with Crippen LogP contribution in [0.4, 0.5) is 5.95 Å². The number of rotatable bonds is 5. The first-order valence-corrected chi connectivity index (χ1v) is 3.99. The maximum absolute atomic E-state index is 10.7. The van der Waals surface area contributed by atoms with E-state index in [4.69, 9.17) is 9.84 Å². The summed E-state index contributed by atoms with van der Waals surface area (Å²) in [6.45, 7) is 0.0631. The molecule has 0 aromatic carbocycles. The fourth-order valence-corrected chi connectivity index (χ4v) is 0.871. The minimum absolute atomic E-state index is 0.0631. The molecule has 76 valence electrons. The van der Waals surface area contributed by atoms with Crippen molar-refractivity contribution in [1.82, 2.24) is 9.97 Å². The number of hydrogen-bond donors (Lipinski definition) is 2. The number of nitrogens with zero attached hydrogens (tertiary/aromatic N) is 2. The van der Waals surface area contributed by atoms with Gasteiger partial charge in [-0.1, -0.05) is 0 Å². The summed E-state index contributed by atoms with van der Waals surface area (Å²) in [6, 6.07) is 0.819. The van der Waals surface area contributed by atoms with E-state index in [-0.39, 0.29) is 12.6 Å². The van der Waals surface area contributed by atoms with Crippen LogP contribution in [-0.2, 0) is 9.53 Å². The van der Waals surface area contributed by atoms with Gasteiger partial charge in [0.2, 0.25) is 5.95 Å². The molecule has 0 aliphatic carbocycles. The maximum atomic E-state index is 10.7. The van der Waals surface area contributed by atoms with E-state index in [0.717, 1.165) is 0 Å². The average Bonchev–Trinajstić information content (AvgIpc) is 2.18. The van der Waals surface area contributed by atoms with Gasteiger partial charge < -0.3 is 15.2 Å². The van der Waals surface area contributed by atoms with E-state index in [1.165, 1.54) is 19.5 Å². The van der Waals surface area contributed by atoms with Gasteiger partial charge >= 0.3 is 5.97 Å². The second-order valence-corrected chi connectivity index (χ2v) is 2.56. The molecule has 0 aliphatic rings. The molecule has 1 aromatic heterocycles. The number of ether oxygens (including phenoxy) is 1. The highest BCUT2D eigenvalue weighted by Crippen LogP contribution is 1.98. The maximum Gasteiger partial charge on any atom is 0.328 e. The third kappa shape index (κ3) is 2.98. The van der Waals surface area contributed by atoms with Crippen molar-refractivity contribution in [2.24, 2.45) is 0 Å². The van der Waals surface area contributed by atoms with Crippen LogP contribution in [0.15, 0.2) is 18.5 Å². The molecule has 0 aliphatic heterocycles. The van der Waals surface area contributed by atoms with E-state index in [9.17, 15) is 4.79 Å².